The summed E-state index contributed by atoms with van der Waals surface area (Å²) in [6.45, 7) is 0.980. The third-order valence-electron chi connectivity index (χ3n) is 6.07. The predicted molar refractivity (Wildman–Crippen MR) is 114 cm³/mol. The summed E-state index contributed by atoms with van der Waals surface area (Å²) < 4.78 is 38.6. The molecule has 1 aliphatic heterocycles. The third-order valence-corrected chi connectivity index (χ3v) is 8.01. The van der Waals surface area contributed by atoms with Crippen LogP contribution in [-0.4, -0.2) is 49.9 Å². The van der Waals surface area contributed by atoms with E-state index in [0.29, 0.717) is 13.2 Å². The molecule has 5 rings (SSSR count). The van der Waals surface area contributed by atoms with E-state index < -0.39 is 16.1 Å². The van der Waals surface area contributed by atoms with Gasteiger partial charge in [-0.3, -0.25) is 4.79 Å². The van der Waals surface area contributed by atoms with Crippen LogP contribution in [0, 0.1) is 0 Å². The van der Waals surface area contributed by atoms with Crippen molar-refractivity contribution in [3.05, 3.63) is 39.2 Å². The first-order valence-corrected chi connectivity index (χ1v) is 12.2. The molecule has 11 heteroatoms. The highest BCUT2D eigenvalue weighted by atomic mass is 35.5. The van der Waals surface area contributed by atoms with E-state index >= 15 is 0 Å². The molecule has 9 nitrogen and oxygen atoms in total. The molecule has 0 unspecified atom stereocenters. The zero-order valence-electron chi connectivity index (χ0n) is 16.9. The van der Waals surface area contributed by atoms with Gasteiger partial charge in [-0.2, -0.15) is 17.7 Å². The number of carbonyl (C=O) groups excluding carboxylic acids is 1. The highest BCUT2D eigenvalue weighted by molar-refractivity contribution is 7.87. The third kappa shape index (κ3) is 3.82. The van der Waals surface area contributed by atoms with Crippen molar-refractivity contribution < 1.29 is 22.4 Å². The van der Waals surface area contributed by atoms with Gasteiger partial charge in [0.1, 0.15) is 6.26 Å². The van der Waals surface area contributed by atoms with Crippen molar-refractivity contribution in [3.63, 3.8) is 0 Å². The first-order valence-electron chi connectivity index (χ1n) is 10.4. The number of rotatable bonds is 5. The number of hydrogen-bond donors (Lipinski definition) is 2. The van der Waals surface area contributed by atoms with Crippen LogP contribution >= 0.6 is 11.6 Å². The summed E-state index contributed by atoms with van der Waals surface area (Å²) in [4.78, 5) is 16.6. The Labute approximate surface area is 185 Å². The topological polar surface area (TPSA) is 114 Å². The minimum absolute atomic E-state index is 0.110. The standard InChI is InChI=1S/C20H23ClN4O5S/c21-17-12-3-1-5-14(12)18(15-6-2-4-13(15)17)23-20-22-16(11-30-20)19(26)24-31(27,28)25-7-9-29-10-8-25/h11H,1-10H2,(H,22,23)(H,24,26). The summed E-state index contributed by atoms with van der Waals surface area (Å²) >= 11 is 6.66. The number of benzene rings is 1. The smallest absolute Gasteiger partial charge is 0.304 e. The molecule has 1 saturated heterocycles. The summed E-state index contributed by atoms with van der Waals surface area (Å²) in [5.41, 5.74) is 5.60. The molecule has 2 N–H and O–H groups in total. The van der Waals surface area contributed by atoms with Crippen molar-refractivity contribution in [1.82, 2.24) is 14.0 Å². The molecule has 2 aromatic rings. The summed E-state index contributed by atoms with van der Waals surface area (Å²) in [5, 5.41) is 4.14. The maximum atomic E-state index is 12.5. The number of morpholine rings is 1. The van der Waals surface area contributed by atoms with Gasteiger partial charge in [-0.05, 0) is 60.8 Å². The lowest BCUT2D eigenvalue weighted by Gasteiger charge is -2.25. The summed E-state index contributed by atoms with van der Waals surface area (Å²) in [6.07, 6.45) is 7.01. The molecular formula is C20H23ClN4O5S. The van der Waals surface area contributed by atoms with Crippen molar-refractivity contribution in [1.29, 1.82) is 0 Å². The number of aromatic nitrogens is 1. The van der Waals surface area contributed by atoms with E-state index in [1.807, 2.05) is 4.72 Å². The number of hydrogen-bond acceptors (Lipinski definition) is 7. The SMILES string of the molecule is O=C(NS(=O)(=O)N1CCOCC1)c1coc(Nc2c3c(c(Cl)c4c2CCC4)CCC3)n1. The van der Waals surface area contributed by atoms with Crippen LogP contribution in [0.4, 0.5) is 11.7 Å². The molecular weight excluding hydrogens is 444 g/mol. The number of amides is 1. The first-order chi connectivity index (χ1) is 14.9. The number of carbonyl (C=O) groups is 1. The van der Waals surface area contributed by atoms with E-state index in [9.17, 15) is 13.2 Å². The molecule has 1 aromatic carbocycles. The van der Waals surface area contributed by atoms with Crippen molar-refractivity contribution in [3.8, 4) is 0 Å². The molecule has 1 fully saturated rings. The number of oxazole rings is 1. The Balaban J connectivity index is 1.36. The molecule has 0 spiro atoms. The lowest BCUT2D eigenvalue weighted by atomic mass is 9.98. The van der Waals surface area contributed by atoms with E-state index in [0.717, 1.165) is 55.5 Å². The van der Waals surface area contributed by atoms with E-state index in [4.69, 9.17) is 20.8 Å². The number of nitrogens with one attached hydrogen (secondary N) is 2. The Morgan fingerprint density at radius 2 is 1.65 bits per heavy atom. The van der Waals surface area contributed by atoms with Gasteiger partial charge in [0.05, 0.1) is 13.2 Å². The summed E-state index contributed by atoms with van der Waals surface area (Å²) in [5.74, 6) is -0.838. The Kier molecular flexibility index (Phi) is 5.41. The van der Waals surface area contributed by atoms with Crippen molar-refractivity contribution >= 4 is 39.4 Å². The average Bonchev–Trinajstić information content (AvgIpc) is 3.52. The van der Waals surface area contributed by atoms with Crippen LogP contribution in [0.1, 0.15) is 45.6 Å². The molecule has 0 bridgehead atoms. The van der Waals surface area contributed by atoms with Crippen LogP contribution in [0.3, 0.4) is 0 Å². The molecule has 0 saturated carbocycles. The number of halogens is 1. The molecule has 3 aliphatic rings. The Bertz CT molecular complexity index is 1110. The number of ether oxygens (including phenoxy) is 1. The van der Waals surface area contributed by atoms with Gasteiger partial charge in [0.15, 0.2) is 5.69 Å². The zero-order valence-corrected chi connectivity index (χ0v) is 18.4. The van der Waals surface area contributed by atoms with E-state index in [-0.39, 0.29) is 24.8 Å². The molecule has 2 heterocycles. The number of fused-ring (bicyclic) bond motifs is 2. The van der Waals surface area contributed by atoms with Crippen LogP contribution in [-0.2, 0) is 40.6 Å². The maximum absolute atomic E-state index is 12.5. The molecule has 1 amide bonds. The quantitative estimate of drug-likeness (QED) is 0.695. The fraction of sp³-hybridized carbons (Fsp3) is 0.500. The summed E-state index contributed by atoms with van der Waals surface area (Å²) in [6, 6.07) is 0.152. The van der Waals surface area contributed by atoms with Crippen LogP contribution in [0.15, 0.2) is 10.7 Å². The fourth-order valence-electron chi connectivity index (χ4n) is 4.60. The van der Waals surface area contributed by atoms with Crippen molar-refractivity contribution in [2.75, 3.05) is 31.6 Å². The lowest BCUT2D eigenvalue weighted by molar-refractivity contribution is 0.0718. The second kappa shape index (κ2) is 8.09. The molecule has 1 aromatic heterocycles. The second-order valence-electron chi connectivity index (χ2n) is 7.92. The van der Waals surface area contributed by atoms with Crippen LogP contribution < -0.4 is 10.0 Å². The fourth-order valence-corrected chi connectivity index (χ4v) is 6.12. The van der Waals surface area contributed by atoms with Crippen LogP contribution in [0.25, 0.3) is 0 Å². The predicted octanol–water partition coefficient (Wildman–Crippen LogP) is 2.36. The minimum Gasteiger partial charge on any atom is -0.431 e. The first kappa shape index (κ1) is 20.7. The van der Waals surface area contributed by atoms with Crippen LogP contribution in [0.5, 0.6) is 0 Å². The molecule has 166 valence electrons. The minimum atomic E-state index is -3.96. The van der Waals surface area contributed by atoms with E-state index in [1.165, 1.54) is 26.6 Å². The van der Waals surface area contributed by atoms with Crippen LogP contribution in [0.2, 0.25) is 5.02 Å². The highest BCUT2D eigenvalue weighted by Crippen LogP contribution is 2.44. The van der Waals surface area contributed by atoms with Gasteiger partial charge in [-0.15, -0.1) is 0 Å². The number of anilines is 2. The largest absolute Gasteiger partial charge is 0.431 e. The van der Waals surface area contributed by atoms with Gasteiger partial charge < -0.3 is 14.5 Å². The van der Waals surface area contributed by atoms with Gasteiger partial charge in [0, 0.05) is 23.8 Å². The zero-order chi connectivity index (χ0) is 21.6. The monoisotopic (exact) mass is 466 g/mol. The van der Waals surface area contributed by atoms with Gasteiger partial charge in [0.2, 0.25) is 0 Å². The maximum Gasteiger partial charge on any atom is 0.304 e. The number of nitrogens with zero attached hydrogens (tertiary/aromatic N) is 2. The van der Waals surface area contributed by atoms with Gasteiger partial charge >= 0.3 is 10.2 Å². The highest BCUT2D eigenvalue weighted by Gasteiger charge is 2.30. The second-order valence-corrected chi connectivity index (χ2v) is 9.97. The average molecular weight is 467 g/mol. The summed E-state index contributed by atoms with van der Waals surface area (Å²) in [7, 11) is -3.96. The lowest BCUT2D eigenvalue weighted by Crippen LogP contribution is -2.48. The van der Waals surface area contributed by atoms with E-state index in [1.54, 1.807) is 0 Å². The van der Waals surface area contributed by atoms with Crippen molar-refractivity contribution in [2.24, 2.45) is 0 Å². The molecule has 31 heavy (non-hydrogen) atoms. The molecule has 2 aliphatic carbocycles. The van der Waals surface area contributed by atoms with E-state index in [2.05, 4.69) is 10.3 Å². The van der Waals surface area contributed by atoms with Crippen molar-refractivity contribution in [2.45, 2.75) is 38.5 Å². The Morgan fingerprint density at radius 3 is 2.29 bits per heavy atom. The Morgan fingerprint density at radius 1 is 1.03 bits per heavy atom. The normalized spacial score (nSPS) is 18.6. The van der Waals surface area contributed by atoms with Gasteiger partial charge in [0.25, 0.3) is 11.9 Å². The molecule has 0 radical (unpaired) electrons. The van der Waals surface area contributed by atoms with Gasteiger partial charge in [-0.1, -0.05) is 11.6 Å². The van der Waals surface area contributed by atoms with Gasteiger partial charge in [-0.25, -0.2) is 4.72 Å². The Hall–Kier alpha value is -2.14. The molecule has 0 atom stereocenters.